The summed E-state index contributed by atoms with van der Waals surface area (Å²) in [4.78, 5) is 4.98. The summed E-state index contributed by atoms with van der Waals surface area (Å²) in [5.41, 5.74) is 7.91. The molecule has 0 amide bonds. The molecule has 0 spiro atoms. The van der Waals surface area contributed by atoms with E-state index >= 15 is 0 Å². The zero-order valence-corrected chi connectivity index (χ0v) is 30.0. The van der Waals surface area contributed by atoms with Gasteiger partial charge in [0.25, 0.3) is 0 Å². The van der Waals surface area contributed by atoms with Crippen LogP contribution < -0.4 is 19.3 Å². The third kappa shape index (κ3) is 12.8. The van der Waals surface area contributed by atoms with Gasteiger partial charge in [0, 0.05) is 37.6 Å². The van der Waals surface area contributed by atoms with Gasteiger partial charge in [0.1, 0.15) is 11.5 Å². The van der Waals surface area contributed by atoms with Crippen molar-refractivity contribution in [2.75, 3.05) is 50.2 Å². The normalized spacial score (nSPS) is 12.6. The van der Waals surface area contributed by atoms with Crippen LogP contribution >= 0.6 is 0 Å². The summed E-state index contributed by atoms with van der Waals surface area (Å²) < 4.78 is 11.3. The Morgan fingerprint density at radius 3 is 2.13 bits per heavy atom. The lowest BCUT2D eigenvalue weighted by atomic mass is 9.94. The first-order valence-corrected chi connectivity index (χ1v) is 16.8. The Morgan fingerprint density at radius 2 is 1.50 bits per heavy atom. The van der Waals surface area contributed by atoms with Crippen LogP contribution in [0.3, 0.4) is 0 Å². The Hall–Kier alpha value is -3.92. The molecule has 4 heteroatoms. The maximum absolute atomic E-state index is 5.90. The van der Waals surface area contributed by atoms with Crippen molar-refractivity contribution in [3.05, 3.63) is 113 Å². The van der Waals surface area contributed by atoms with Crippen molar-refractivity contribution in [3.63, 3.8) is 0 Å². The summed E-state index contributed by atoms with van der Waals surface area (Å²) in [5.74, 6) is 2.22. The van der Waals surface area contributed by atoms with E-state index in [2.05, 4.69) is 143 Å². The molecule has 0 aliphatic heterocycles. The van der Waals surface area contributed by atoms with Gasteiger partial charge in [-0.3, -0.25) is 0 Å². The Balaban J connectivity index is 1.82. The van der Waals surface area contributed by atoms with Crippen molar-refractivity contribution in [3.8, 4) is 11.5 Å². The van der Waals surface area contributed by atoms with Crippen LogP contribution in [-0.2, 0) is 6.42 Å². The molecule has 4 nitrogen and oxygen atoms in total. The van der Waals surface area contributed by atoms with Gasteiger partial charge in [0.2, 0.25) is 0 Å². The largest absolute Gasteiger partial charge is 0.497 e. The Morgan fingerprint density at radius 1 is 0.804 bits per heavy atom. The van der Waals surface area contributed by atoms with Gasteiger partial charge in [-0.1, -0.05) is 93.5 Å². The van der Waals surface area contributed by atoms with Gasteiger partial charge in [-0.25, -0.2) is 0 Å². The maximum Gasteiger partial charge on any atom is 0.122 e. The van der Waals surface area contributed by atoms with Crippen molar-refractivity contribution in [1.82, 2.24) is 0 Å². The van der Waals surface area contributed by atoms with E-state index in [9.17, 15) is 0 Å². The summed E-state index contributed by atoms with van der Waals surface area (Å²) in [5, 5.41) is 0. The minimum Gasteiger partial charge on any atom is -0.497 e. The molecule has 0 bridgehead atoms. The summed E-state index contributed by atoms with van der Waals surface area (Å²) in [6, 6.07) is 25.6. The topological polar surface area (TPSA) is 24.9 Å². The number of rotatable bonds is 17. The van der Waals surface area contributed by atoms with Crippen molar-refractivity contribution in [2.45, 2.75) is 67.7 Å². The second-order valence-electron chi connectivity index (χ2n) is 14.0. The molecular formula is C42H58N2O2. The van der Waals surface area contributed by atoms with E-state index in [1.165, 1.54) is 33.6 Å². The molecule has 3 rings (SSSR count). The summed E-state index contributed by atoms with van der Waals surface area (Å²) in [6.07, 6.45) is 12.3. The second-order valence-corrected chi connectivity index (χ2v) is 14.0. The molecule has 0 aliphatic rings. The molecule has 0 aliphatic carbocycles. The standard InChI is InChI=1S/C42H58N2O2/c1-33(2)15-13-16-34(3)26-28-44(32-42(5,6)7)39-22-25-41(46-9)37(30-39)29-35(4)31-43(38-20-23-40(45-8)24-21-38)27-14-19-36-17-11-10-12-18-36/h10-12,14-15,17-26,30,35H,13,16,27-29,31-32H2,1-9H3/b19-14+,34-26+. The first-order valence-electron chi connectivity index (χ1n) is 16.8. The minimum absolute atomic E-state index is 0.170. The van der Waals surface area contributed by atoms with Crippen LogP contribution in [-0.4, -0.2) is 40.4 Å². The summed E-state index contributed by atoms with van der Waals surface area (Å²) >= 11 is 0. The average Bonchev–Trinajstić information content (AvgIpc) is 3.02. The van der Waals surface area contributed by atoms with Crippen LogP contribution in [0, 0.1) is 11.3 Å². The van der Waals surface area contributed by atoms with Crippen molar-refractivity contribution < 1.29 is 9.47 Å². The lowest BCUT2D eigenvalue weighted by molar-refractivity contribution is 0.404. The molecule has 1 atom stereocenters. The van der Waals surface area contributed by atoms with Crippen LogP contribution in [0.1, 0.15) is 72.4 Å². The highest BCUT2D eigenvalue weighted by atomic mass is 16.5. The molecule has 46 heavy (non-hydrogen) atoms. The number of nitrogens with zero attached hydrogens (tertiary/aromatic N) is 2. The van der Waals surface area contributed by atoms with E-state index in [1.807, 2.05) is 12.1 Å². The van der Waals surface area contributed by atoms with E-state index < -0.39 is 0 Å². The molecule has 0 N–H and O–H groups in total. The monoisotopic (exact) mass is 622 g/mol. The molecule has 0 heterocycles. The molecule has 0 saturated heterocycles. The fraction of sp³-hybridized carbons (Fsp3) is 0.429. The van der Waals surface area contributed by atoms with E-state index in [4.69, 9.17) is 9.47 Å². The van der Waals surface area contributed by atoms with Gasteiger partial charge in [-0.15, -0.1) is 0 Å². The number of benzene rings is 3. The van der Waals surface area contributed by atoms with Gasteiger partial charge in [0.15, 0.2) is 0 Å². The Kier molecular flexibility index (Phi) is 14.5. The van der Waals surface area contributed by atoms with Crippen LogP contribution in [0.25, 0.3) is 6.08 Å². The molecule has 1 unspecified atom stereocenters. The van der Waals surface area contributed by atoms with Gasteiger partial charge in [-0.2, -0.15) is 0 Å². The van der Waals surface area contributed by atoms with E-state index in [0.29, 0.717) is 5.92 Å². The first-order chi connectivity index (χ1) is 22.0. The summed E-state index contributed by atoms with van der Waals surface area (Å²) in [6.45, 7) is 19.5. The number of hydrogen-bond donors (Lipinski definition) is 0. The molecule has 0 fully saturated rings. The highest BCUT2D eigenvalue weighted by Crippen LogP contribution is 2.30. The molecule has 0 saturated carbocycles. The van der Waals surface area contributed by atoms with Crippen LogP contribution in [0.4, 0.5) is 11.4 Å². The maximum atomic E-state index is 5.90. The third-order valence-electron chi connectivity index (χ3n) is 8.02. The number of anilines is 2. The van der Waals surface area contributed by atoms with E-state index in [-0.39, 0.29) is 5.41 Å². The third-order valence-corrected chi connectivity index (χ3v) is 8.02. The van der Waals surface area contributed by atoms with E-state index in [0.717, 1.165) is 56.9 Å². The number of hydrogen-bond acceptors (Lipinski definition) is 4. The minimum atomic E-state index is 0.170. The predicted octanol–water partition coefficient (Wildman–Crippen LogP) is 10.6. The zero-order valence-electron chi connectivity index (χ0n) is 30.0. The summed E-state index contributed by atoms with van der Waals surface area (Å²) in [7, 11) is 3.50. The van der Waals surface area contributed by atoms with Gasteiger partial charge in [0.05, 0.1) is 14.2 Å². The van der Waals surface area contributed by atoms with Crippen molar-refractivity contribution in [1.29, 1.82) is 0 Å². The van der Waals surface area contributed by atoms with Gasteiger partial charge in [-0.05, 0) is 105 Å². The number of ether oxygens (including phenoxy) is 2. The van der Waals surface area contributed by atoms with Crippen LogP contribution in [0.2, 0.25) is 0 Å². The number of allylic oxidation sites excluding steroid dienone is 3. The zero-order chi connectivity index (χ0) is 33.5. The fourth-order valence-corrected chi connectivity index (χ4v) is 5.69. The molecule has 3 aromatic carbocycles. The van der Waals surface area contributed by atoms with Gasteiger partial charge < -0.3 is 19.3 Å². The lowest BCUT2D eigenvalue weighted by Gasteiger charge is -2.32. The highest BCUT2D eigenvalue weighted by molar-refractivity contribution is 5.55. The van der Waals surface area contributed by atoms with Crippen LogP contribution in [0.15, 0.2) is 102 Å². The SMILES string of the molecule is COc1ccc(N(C/C=C/c2ccccc2)CC(C)Cc2cc(N(C/C=C(\C)CCC=C(C)C)CC(C)(C)C)ccc2OC)cc1. The molecule has 0 radical (unpaired) electrons. The van der Waals surface area contributed by atoms with E-state index in [1.54, 1.807) is 14.2 Å². The number of methoxy groups -OCH3 is 2. The molecular weight excluding hydrogens is 564 g/mol. The van der Waals surface area contributed by atoms with Crippen molar-refractivity contribution >= 4 is 17.5 Å². The van der Waals surface area contributed by atoms with Gasteiger partial charge >= 0.3 is 0 Å². The Labute approximate surface area is 280 Å². The molecule has 0 aromatic heterocycles. The second kappa shape index (κ2) is 18.3. The quantitative estimate of drug-likeness (QED) is 0.140. The molecule has 3 aromatic rings. The lowest BCUT2D eigenvalue weighted by Crippen LogP contribution is -2.33. The Bertz CT molecular complexity index is 1410. The smallest absolute Gasteiger partial charge is 0.122 e. The van der Waals surface area contributed by atoms with Crippen molar-refractivity contribution in [2.24, 2.45) is 11.3 Å². The fourth-order valence-electron chi connectivity index (χ4n) is 5.69. The predicted molar refractivity (Wildman–Crippen MR) is 201 cm³/mol. The highest BCUT2D eigenvalue weighted by Gasteiger charge is 2.19. The molecule has 248 valence electrons. The average molecular weight is 623 g/mol. The van der Waals surface area contributed by atoms with Crippen LogP contribution in [0.5, 0.6) is 11.5 Å². The first kappa shape index (κ1) is 36.5.